The highest BCUT2D eigenvalue weighted by Gasteiger charge is 2.22. The number of anilines is 1. The number of aryl methyl sites for hydroxylation is 1. The van der Waals surface area contributed by atoms with Crippen molar-refractivity contribution in [2.45, 2.75) is 45.4 Å². The van der Waals surface area contributed by atoms with Crippen LogP contribution in [0.5, 0.6) is 0 Å². The Hall–Kier alpha value is -1.10. The third-order valence-electron chi connectivity index (χ3n) is 3.59. The molecule has 0 radical (unpaired) electrons. The minimum atomic E-state index is 0.310. The van der Waals surface area contributed by atoms with Gasteiger partial charge in [0.2, 0.25) is 0 Å². The quantitative estimate of drug-likeness (QED) is 0.840. The molecule has 0 spiro atoms. The Morgan fingerprint density at radius 2 is 2.17 bits per heavy atom. The highest BCUT2D eigenvalue weighted by atomic mass is 16.5. The molecule has 5 heteroatoms. The molecule has 1 aliphatic heterocycles. The lowest BCUT2D eigenvalue weighted by Crippen LogP contribution is -2.33. The first-order valence-electron chi connectivity index (χ1n) is 7.02. The summed E-state index contributed by atoms with van der Waals surface area (Å²) in [6, 6.07) is 0.680. The van der Waals surface area contributed by atoms with Crippen LogP contribution in [0, 0.1) is 5.92 Å². The maximum Gasteiger partial charge on any atom is 0.324 e. The van der Waals surface area contributed by atoms with Gasteiger partial charge in [0.15, 0.2) is 5.82 Å². The summed E-state index contributed by atoms with van der Waals surface area (Å²) >= 11 is 0. The van der Waals surface area contributed by atoms with E-state index < -0.39 is 0 Å². The number of aliphatic hydroxyl groups is 1. The fourth-order valence-electron chi connectivity index (χ4n) is 2.49. The van der Waals surface area contributed by atoms with Gasteiger partial charge >= 0.3 is 6.01 Å². The van der Waals surface area contributed by atoms with Crippen molar-refractivity contribution in [2.75, 3.05) is 24.6 Å². The Kier molecular flexibility index (Phi) is 4.99. The lowest BCUT2D eigenvalue weighted by atomic mass is 9.92. The Bertz CT molecular complexity index is 346. The molecule has 0 aromatic carbocycles. The number of aliphatic hydroxyl groups excluding tert-OH is 1. The second-order valence-electron chi connectivity index (χ2n) is 5.04. The summed E-state index contributed by atoms with van der Waals surface area (Å²) in [7, 11) is 0. The molecule has 2 heterocycles. The zero-order valence-electron chi connectivity index (χ0n) is 11.1. The van der Waals surface area contributed by atoms with Gasteiger partial charge in [0.05, 0.1) is 0 Å². The van der Waals surface area contributed by atoms with Gasteiger partial charge in [0.25, 0.3) is 0 Å². The van der Waals surface area contributed by atoms with E-state index in [4.69, 9.17) is 9.63 Å². The molecule has 0 saturated carbocycles. The third-order valence-corrected chi connectivity index (χ3v) is 3.59. The lowest BCUT2D eigenvalue weighted by molar-refractivity contribution is 0.259. The van der Waals surface area contributed by atoms with Crippen LogP contribution in [0.3, 0.4) is 0 Å². The number of nitrogens with zero attached hydrogens (tertiary/aromatic N) is 3. The van der Waals surface area contributed by atoms with Gasteiger partial charge in [-0.2, -0.15) is 4.98 Å². The number of piperidine rings is 1. The zero-order chi connectivity index (χ0) is 12.8. The van der Waals surface area contributed by atoms with Gasteiger partial charge in [-0.3, -0.25) is 0 Å². The van der Waals surface area contributed by atoms with E-state index in [1.54, 1.807) is 0 Å². The summed E-state index contributed by atoms with van der Waals surface area (Å²) in [5, 5.41) is 12.8. The van der Waals surface area contributed by atoms with Gasteiger partial charge in [-0.1, -0.05) is 12.1 Å². The van der Waals surface area contributed by atoms with Crippen LogP contribution in [0.1, 0.15) is 44.9 Å². The van der Waals surface area contributed by atoms with Crippen molar-refractivity contribution < 1.29 is 9.63 Å². The van der Waals surface area contributed by atoms with E-state index in [0.29, 0.717) is 12.6 Å². The molecule has 0 aliphatic carbocycles. The SMILES string of the molecule is CCCc1noc(N2CCC(CCCO)CC2)n1. The van der Waals surface area contributed by atoms with Crippen LogP contribution in [0.15, 0.2) is 4.52 Å². The number of hydrogen-bond acceptors (Lipinski definition) is 5. The predicted octanol–water partition coefficient (Wildman–Crippen LogP) is 2.01. The van der Waals surface area contributed by atoms with Crippen molar-refractivity contribution in [3.05, 3.63) is 5.82 Å². The van der Waals surface area contributed by atoms with E-state index in [0.717, 1.165) is 63.4 Å². The van der Waals surface area contributed by atoms with E-state index in [1.165, 1.54) is 0 Å². The van der Waals surface area contributed by atoms with Gasteiger partial charge in [0.1, 0.15) is 0 Å². The van der Waals surface area contributed by atoms with Crippen LogP contribution in [-0.2, 0) is 6.42 Å². The van der Waals surface area contributed by atoms with Crippen molar-refractivity contribution in [3.63, 3.8) is 0 Å². The summed E-state index contributed by atoms with van der Waals surface area (Å²) in [5.74, 6) is 1.56. The van der Waals surface area contributed by atoms with Gasteiger partial charge < -0.3 is 14.5 Å². The minimum absolute atomic E-state index is 0.310. The smallest absolute Gasteiger partial charge is 0.324 e. The molecule has 2 rings (SSSR count). The van der Waals surface area contributed by atoms with Crippen LogP contribution in [0.2, 0.25) is 0 Å². The van der Waals surface area contributed by atoms with E-state index >= 15 is 0 Å². The van der Waals surface area contributed by atoms with Gasteiger partial charge in [-0.15, -0.1) is 0 Å². The van der Waals surface area contributed by atoms with Crippen LogP contribution in [0.4, 0.5) is 6.01 Å². The standard InChI is InChI=1S/C13H23N3O2/c1-2-4-12-14-13(18-15-12)16-8-6-11(7-9-16)5-3-10-17/h11,17H,2-10H2,1H3. The van der Waals surface area contributed by atoms with Crippen molar-refractivity contribution in [1.82, 2.24) is 10.1 Å². The number of rotatable bonds is 6. The predicted molar refractivity (Wildman–Crippen MR) is 69.5 cm³/mol. The first kappa shape index (κ1) is 13.3. The van der Waals surface area contributed by atoms with E-state index in [9.17, 15) is 0 Å². The highest BCUT2D eigenvalue weighted by molar-refractivity contribution is 5.25. The minimum Gasteiger partial charge on any atom is -0.396 e. The monoisotopic (exact) mass is 253 g/mol. The number of aromatic nitrogens is 2. The maximum atomic E-state index is 8.84. The summed E-state index contributed by atoms with van der Waals surface area (Å²) in [4.78, 5) is 6.60. The fraction of sp³-hybridized carbons (Fsp3) is 0.846. The van der Waals surface area contributed by atoms with Gasteiger partial charge in [-0.25, -0.2) is 0 Å². The zero-order valence-corrected chi connectivity index (χ0v) is 11.1. The average molecular weight is 253 g/mol. The molecule has 1 aromatic heterocycles. The summed E-state index contributed by atoms with van der Waals surface area (Å²) in [6.07, 6.45) is 6.30. The molecule has 0 unspecified atom stereocenters. The Balaban J connectivity index is 1.81. The van der Waals surface area contributed by atoms with Crippen LogP contribution < -0.4 is 4.90 Å². The molecule has 1 N–H and O–H groups in total. The van der Waals surface area contributed by atoms with Crippen LogP contribution in [-0.4, -0.2) is 34.9 Å². The Morgan fingerprint density at radius 1 is 1.39 bits per heavy atom. The van der Waals surface area contributed by atoms with Gasteiger partial charge in [-0.05, 0) is 38.0 Å². The van der Waals surface area contributed by atoms with Gasteiger partial charge in [0, 0.05) is 26.1 Å². The molecule has 1 aromatic rings. The Morgan fingerprint density at radius 3 is 2.83 bits per heavy atom. The second-order valence-corrected chi connectivity index (χ2v) is 5.04. The maximum absolute atomic E-state index is 8.84. The summed E-state index contributed by atoms with van der Waals surface area (Å²) < 4.78 is 5.30. The molecular weight excluding hydrogens is 230 g/mol. The molecule has 0 atom stereocenters. The fourth-order valence-corrected chi connectivity index (χ4v) is 2.49. The van der Waals surface area contributed by atoms with Crippen molar-refractivity contribution >= 4 is 6.01 Å². The normalized spacial score (nSPS) is 17.3. The summed E-state index contributed by atoms with van der Waals surface area (Å²) in [6.45, 7) is 4.40. The first-order valence-corrected chi connectivity index (χ1v) is 7.02. The molecule has 1 saturated heterocycles. The molecule has 1 fully saturated rings. The topological polar surface area (TPSA) is 62.4 Å². The van der Waals surface area contributed by atoms with Crippen molar-refractivity contribution in [2.24, 2.45) is 5.92 Å². The highest BCUT2D eigenvalue weighted by Crippen LogP contribution is 2.24. The third kappa shape index (κ3) is 3.45. The molecule has 18 heavy (non-hydrogen) atoms. The molecular formula is C13H23N3O2. The van der Waals surface area contributed by atoms with E-state index in [1.807, 2.05) is 0 Å². The Labute approximate surface area is 108 Å². The molecule has 102 valence electrons. The van der Waals surface area contributed by atoms with Crippen LogP contribution in [0.25, 0.3) is 0 Å². The molecule has 0 bridgehead atoms. The van der Waals surface area contributed by atoms with Crippen LogP contribution >= 0.6 is 0 Å². The average Bonchev–Trinajstić information content (AvgIpc) is 2.86. The number of hydrogen-bond donors (Lipinski definition) is 1. The summed E-state index contributed by atoms with van der Waals surface area (Å²) in [5.41, 5.74) is 0. The largest absolute Gasteiger partial charge is 0.396 e. The van der Waals surface area contributed by atoms with E-state index in [2.05, 4.69) is 22.0 Å². The van der Waals surface area contributed by atoms with Crippen molar-refractivity contribution in [3.8, 4) is 0 Å². The molecule has 5 nitrogen and oxygen atoms in total. The van der Waals surface area contributed by atoms with E-state index in [-0.39, 0.29) is 0 Å². The lowest BCUT2D eigenvalue weighted by Gasteiger charge is -2.30. The molecule has 1 aliphatic rings. The molecule has 0 amide bonds. The van der Waals surface area contributed by atoms with Crippen molar-refractivity contribution in [1.29, 1.82) is 0 Å². The first-order chi connectivity index (χ1) is 8.83. The second kappa shape index (κ2) is 6.73.